The van der Waals surface area contributed by atoms with E-state index in [1.54, 1.807) is 18.2 Å². The number of pyridine rings is 1. The number of halogens is 1. The minimum atomic E-state index is -1.13. The standard InChI is InChI=1S/C16H10FNO3/c17-10-5-7-11(8-6-10)21-15-9-14(16(19)20)18-13-4-2-1-3-12(13)15/h1-9H,(H,19,20). The van der Waals surface area contributed by atoms with Crippen molar-refractivity contribution in [3.05, 3.63) is 66.1 Å². The van der Waals surface area contributed by atoms with Crippen LogP contribution in [0.2, 0.25) is 0 Å². The summed E-state index contributed by atoms with van der Waals surface area (Å²) in [6, 6.07) is 13.9. The van der Waals surface area contributed by atoms with Gasteiger partial charge in [-0.3, -0.25) is 0 Å². The Morgan fingerprint density at radius 2 is 1.81 bits per heavy atom. The number of carboxylic acids is 1. The third kappa shape index (κ3) is 2.67. The Bertz CT molecular complexity index is 815. The molecular formula is C16H10FNO3. The molecule has 104 valence electrons. The van der Waals surface area contributed by atoms with E-state index in [4.69, 9.17) is 9.84 Å². The molecule has 5 heteroatoms. The molecule has 3 aromatic rings. The monoisotopic (exact) mass is 283 g/mol. The van der Waals surface area contributed by atoms with Crippen molar-refractivity contribution in [1.29, 1.82) is 0 Å². The average Bonchev–Trinajstić information content (AvgIpc) is 2.49. The first-order valence-electron chi connectivity index (χ1n) is 6.20. The Morgan fingerprint density at radius 3 is 2.52 bits per heavy atom. The fraction of sp³-hybridized carbons (Fsp3) is 0. The van der Waals surface area contributed by atoms with Crippen LogP contribution < -0.4 is 4.74 Å². The van der Waals surface area contributed by atoms with Gasteiger partial charge < -0.3 is 9.84 Å². The molecule has 0 atom stereocenters. The first kappa shape index (κ1) is 13.1. The van der Waals surface area contributed by atoms with Crippen LogP contribution in [0.25, 0.3) is 10.9 Å². The van der Waals surface area contributed by atoms with Gasteiger partial charge >= 0.3 is 5.97 Å². The zero-order valence-electron chi connectivity index (χ0n) is 10.8. The zero-order valence-corrected chi connectivity index (χ0v) is 10.8. The Labute approximate surface area is 119 Å². The molecule has 3 rings (SSSR count). The van der Waals surface area contributed by atoms with E-state index in [-0.39, 0.29) is 11.5 Å². The molecule has 0 radical (unpaired) electrons. The molecular weight excluding hydrogens is 273 g/mol. The van der Waals surface area contributed by atoms with Gasteiger partial charge in [0.05, 0.1) is 5.52 Å². The Balaban J connectivity index is 2.11. The second-order valence-electron chi connectivity index (χ2n) is 4.38. The van der Waals surface area contributed by atoms with Gasteiger partial charge in [0.25, 0.3) is 0 Å². The highest BCUT2D eigenvalue weighted by molar-refractivity contribution is 5.93. The summed E-state index contributed by atoms with van der Waals surface area (Å²) in [7, 11) is 0. The van der Waals surface area contributed by atoms with Gasteiger partial charge in [-0.2, -0.15) is 0 Å². The molecule has 0 unspecified atom stereocenters. The van der Waals surface area contributed by atoms with E-state index in [2.05, 4.69) is 4.98 Å². The molecule has 0 spiro atoms. The molecule has 0 bridgehead atoms. The summed E-state index contributed by atoms with van der Waals surface area (Å²) >= 11 is 0. The van der Waals surface area contributed by atoms with Crippen LogP contribution in [0.3, 0.4) is 0 Å². The molecule has 0 saturated carbocycles. The number of nitrogens with zero attached hydrogens (tertiary/aromatic N) is 1. The number of fused-ring (bicyclic) bond motifs is 1. The normalized spacial score (nSPS) is 10.5. The van der Waals surface area contributed by atoms with Gasteiger partial charge in [-0.15, -0.1) is 0 Å². The third-order valence-electron chi connectivity index (χ3n) is 2.94. The van der Waals surface area contributed by atoms with Crippen LogP contribution in [0.1, 0.15) is 10.5 Å². The minimum Gasteiger partial charge on any atom is -0.477 e. The highest BCUT2D eigenvalue weighted by Gasteiger charge is 2.12. The van der Waals surface area contributed by atoms with Crippen LogP contribution in [0.5, 0.6) is 11.5 Å². The molecule has 21 heavy (non-hydrogen) atoms. The smallest absolute Gasteiger partial charge is 0.354 e. The summed E-state index contributed by atoms with van der Waals surface area (Å²) in [5.74, 6) is -0.716. The van der Waals surface area contributed by atoms with Crippen molar-refractivity contribution in [3.8, 4) is 11.5 Å². The maximum Gasteiger partial charge on any atom is 0.354 e. The van der Waals surface area contributed by atoms with E-state index in [0.29, 0.717) is 22.4 Å². The topological polar surface area (TPSA) is 59.4 Å². The SMILES string of the molecule is O=C(O)c1cc(Oc2ccc(F)cc2)c2ccccc2n1. The van der Waals surface area contributed by atoms with Crippen LogP contribution in [-0.2, 0) is 0 Å². The van der Waals surface area contributed by atoms with Crippen LogP contribution in [-0.4, -0.2) is 16.1 Å². The molecule has 0 aliphatic heterocycles. The van der Waals surface area contributed by atoms with Gasteiger partial charge in [-0.05, 0) is 36.4 Å². The van der Waals surface area contributed by atoms with Crippen molar-refractivity contribution in [3.63, 3.8) is 0 Å². The first-order valence-corrected chi connectivity index (χ1v) is 6.20. The highest BCUT2D eigenvalue weighted by Crippen LogP contribution is 2.30. The summed E-state index contributed by atoms with van der Waals surface area (Å²) in [4.78, 5) is 15.2. The van der Waals surface area contributed by atoms with Crippen molar-refractivity contribution in [2.75, 3.05) is 0 Å². The van der Waals surface area contributed by atoms with E-state index >= 15 is 0 Å². The van der Waals surface area contributed by atoms with Crippen molar-refractivity contribution in [2.24, 2.45) is 0 Å². The zero-order chi connectivity index (χ0) is 14.8. The highest BCUT2D eigenvalue weighted by atomic mass is 19.1. The second-order valence-corrected chi connectivity index (χ2v) is 4.38. The predicted octanol–water partition coefficient (Wildman–Crippen LogP) is 3.86. The fourth-order valence-electron chi connectivity index (χ4n) is 1.97. The van der Waals surface area contributed by atoms with Gasteiger partial charge in [-0.25, -0.2) is 14.2 Å². The predicted molar refractivity (Wildman–Crippen MR) is 75.2 cm³/mol. The van der Waals surface area contributed by atoms with Crippen molar-refractivity contribution in [1.82, 2.24) is 4.98 Å². The Morgan fingerprint density at radius 1 is 1.10 bits per heavy atom. The molecule has 4 nitrogen and oxygen atoms in total. The number of para-hydroxylation sites is 1. The van der Waals surface area contributed by atoms with Crippen LogP contribution in [0, 0.1) is 5.82 Å². The lowest BCUT2D eigenvalue weighted by molar-refractivity contribution is 0.0690. The van der Waals surface area contributed by atoms with E-state index in [1.165, 1.54) is 30.3 Å². The summed E-state index contributed by atoms with van der Waals surface area (Å²) in [6.07, 6.45) is 0. The second kappa shape index (κ2) is 5.20. The van der Waals surface area contributed by atoms with Crippen LogP contribution in [0.4, 0.5) is 4.39 Å². The van der Waals surface area contributed by atoms with E-state index < -0.39 is 5.97 Å². The number of carboxylic acid groups (broad SMARTS) is 1. The molecule has 0 saturated heterocycles. The Hall–Kier alpha value is -2.95. The quantitative estimate of drug-likeness (QED) is 0.792. The molecule has 0 aliphatic rings. The number of rotatable bonds is 3. The van der Waals surface area contributed by atoms with Crippen molar-refractivity contribution < 1.29 is 19.0 Å². The lowest BCUT2D eigenvalue weighted by atomic mass is 10.2. The number of carbonyl (C=O) groups is 1. The molecule has 0 aliphatic carbocycles. The number of benzene rings is 2. The molecule has 1 heterocycles. The third-order valence-corrected chi connectivity index (χ3v) is 2.94. The van der Waals surface area contributed by atoms with Gasteiger partial charge in [0.1, 0.15) is 17.3 Å². The number of aromatic carboxylic acids is 1. The minimum absolute atomic E-state index is 0.106. The summed E-state index contributed by atoms with van der Waals surface area (Å²) in [6.45, 7) is 0. The summed E-state index contributed by atoms with van der Waals surface area (Å²) in [5, 5.41) is 9.79. The number of ether oxygens (including phenoxy) is 1. The van der Waals surface area contributed by atoms with E-state index in [9.17, 15) is 9.18 Å². The van der Waals surface area contributed by atoms with Crippen molar-refractivity contribution in [2.45, 2.75) is 0 Å². The van der Waals surface area contributed by atoms with Gasteiger partial charge in [0, 0.05) is 11.5 Å². The van der Waals surface area contributed by atoms with Gasteiger partial charge in [-0.1, -0.05) is 12.1 Å². The fourth-order valence-corrected chi connectivity index (χ4v) is 1.97. The molecule has 0 fully saturated rings. The van der Waals surface area contributed by atoms with E-state index in [0.717, 1.165) is 0 Å². The van der Waals surface area contributed by atoms with Crippen molar-refractivity contribution >= 4 is 16.9 Å². The molecule has 0 amide bonds. The average molecular weight is 283 g/mol. The maximum atomic E-state index is 12.9. The summed E-state index contributed by atoms with van der Waals surface area (Å²) in [5.41, 5.74) is 0.417. The number of hydrogen-bond acceptors (Lipinski definition) is 3. The molecule has 1 aromatic heterocycles. The molecule has 2 aromatic carbocycles. The number of hydrogen-bond donors (Lipinski definition) is 1. The number of aromatic nitrogens is 1. The maximum absolute atomic E-state index is 12.9. The molecule has 1 N–H and O–H groups in total. The van der Waals surface area contributed by atoms with Crippen LogP contribution >= 0.6 is 0 Å². The van der Waals surface area contributed by atoms with Crippen LogP contribution in [0.15, 0.2) is 54.6 Å². The lowest BCUT2D eigenvalue weighted by Gasteiger charge is -2.09. The lowest BCUT2D eigenvalue weighted by Crippen LogP contribution is -2.01. The summed E-state index contributed by atoms with van der Waals surface area (Å²) < 4.78 is 18.6. The largest absolute Gasteiger partial charge is 0.477 e. The Kier molecular flexibility index (Phi) is 3.23. The van der Waals surface area contributed by atoms with E-state index in [1.807, 2.05) is 6.07 Å². The first-order chi connectivity index (χ1) is 10.1. The van der Waals surface area contributed by atoms with Gasteiger partial charge in [0.15, 0.2) is 5.69 Å². The van der Waals surface area contributed by atoms with Gasteiger partial charge in [0.2, 0.25) is 0 Å².